The summed E-state index contributed by atoms with van der Waals surface area (Å²) in [7, 11) is -3.85. The van der Waals surface area contributed by atoms with Gasteiger partial charge in [0.25, 0.3) is 11.8 Å². The Kier molecular flexibility index (Phi) is 9.75. The topological polar surface area (TPSA) is 157 Å². The van der Waals surface area contributed by atoms with Crippen molar-refractivity contribution < 1.29 is 27.2 Å². The average molecular weight is 695 g/mol. The molecule has 3 N–H and O–H groups in total. The quantitative estimate of drug-likeness (QED) is 0.131. The first kappa shape index (κ1) is 30.9. The second kappa shape index (κ2) is 13.9. The zero-order valence-electron chi connectivity index (χ0n) is 22.8. The number of primary sulfonamides is 1. The number of amidine groups is 1. The van der Waals surface area contributed by atoms with Crippen molar-refractivity contribution in [2.75, 3.05) is 11.9 Å². The van der Waals surface area contributed by atoms with Crippen molar-refractivity contribution in [2.45, 2.75) is 11.4 Å². The summed E-state index contributed by atoms with van der Waals surface area (Å²) < 4.78 is 34.9. The molecule has 1 aliphatic heterocycles. The summed E-state index contributed by atoms with van der Waals surface area (Å²) in [5.74, 6) is 0.166. The van der Waals surface area contributed by atoms with E-state index < -0.39 is 15.9 Å². The molecule has 2 heterocycles. The Morgan fingerprint density at radius 2 is 1.84 bits per heavy atom. The maximum Gasteiger partial charge on any atom is 0.267 e. The van der Waals surface area contributed by atoms with Crippen LogP contribution in [-0.2, 0) is 26.2 Å². The van der Waals surface area contributed by atoms with Crippen LogP contribution in [0.1, 0.15) is 16.9 Å². The second-order valence-corrected chi connectivity index (χ2v) is 12.7. The first-order valence-electron chi connectivity index (χ1n) is 12.9. The lowest BCUT2D eigenvalue weighted by Gasteiger charge is -2.13. The fourth-order valence-corrected chi connectivity index (χ4v) is 5.76. The number of amides is 2. The molecule has 2 amide bonds. The van der Waals surface area contributed by atoms with Crippen LogP contribution in [0.5, 0.6) is 5.75 Å². The van der Waals surface area contributed by atoms with Crippen LogP contribution in [-0.4, -0.2) is 43.1 Å². The third-order valence-corrected chi connectivity index (χ3v) is 8.44. The number of nitrogens with one attached hydrogen (secondary N) is 1. The largest absolute Gasteiger partial charge is 0.483 e. The highest BCUT2D eigenvalue weighted by atomic mass is 79.9. The minimum absolute atomic E-state index is 0.0717. The van der Waals surface area contributed by atoms with E-state index in [0.717, 1.165) is 21.8 Å². The number of nitrogens with zero attached hydrogens (tertiary/aromatic N) is 3. The predicted octanol–water partition coefficient (Wildman–Crippen LogP) is 5.21. The number of hydrogen-bond acceptors (Lipinski definition) is 9. The monoisotopic (exact) mass is 693 g/mol. The van der Waals surface area contributed by atoms with Crippen LogP contribution < -0.4 is 15.2 Å². The van der Waals surface area contributed by atoms with Gasteiger partial charge in [-0.3, -0.25) is 14.5 Å². The van der Waals surface area contributed by atoms with E-state index in [9.17, 15) is 18.0 Å². The Morgan fingerprint density at radius 3 is 2.55 bits per heavy atom. The number of thioether (sulfide) groups is 1. The van der Waals surface area contributed by atoms with Crippen LogP contribution in [0.25, 0.3) is 6.08 Å². The Balaban J connectivity index is 1.33. The van der Waals surface area contributed by atoms with Gasteiger partial charge in [0.1, 0.15) is 11.5 Å². The third-order valence-electron chi connectivity index (χ3n) is 6.02. The Labute approximate surface area is 265 Å². The average Bonchev–Trinajstić information content (AvgIpc) is 3.61. The number of benzene rings is 3. The summed E-state index contributed by atoms with van der Waals surface area (Å²) in [6.07, 6.45) is 4.80. The minimum atomic E-state index is -3.85. The van der Waals surface area contributed by atoms with Gasteiger partial charge >= 0.3 is 0 Å². The van der Waals surface area contributed by atoms with Crippen LogP contribution in [0.15, 0.2) is 120 Å². The molecule has 11 nitrogen and oxygen atoms in total. The van der Waals surface area contributed by atoms with E-state index in [2.05, 4.69) is 31.4 Å². The molecule has 1 saturated heterocycles. The van der Waals surface area contributed by atoms with E-state index in [-0.39, 0.29) is 24.0 Å². The first-order valence-corrected chi connectivity index (χ1v) is 16.1. The van der Waals surface area contributed by atoms with Crippen molar-refractivity contribution >= 4 is 72.7 Å². The van der Waals surface area contributed by atoms with E-state index in [0.29, 0.717) is 32.8 Å². The molecule has 0 unspecified atom stereocenters. The van der Waals surface area contributed by atoms with Gasteiger partial charge in [-0.05, 0) is 78.0 Å². The normalized spacial score (nSPS) is 15.4. The van der Waals surface area contributed by atoms with E-state index in [4.69, 9.17) is 14.3 Å². The molecule has 44 heavy (non-hydrogen) atoms. The number of carbonyl (C=O) groups is 2. The molecule has 0 atom stereocenters. The van der Waals surface area contributed by atoms with Gasteiger partial charge in [0, 0.05) is 15.7 Å². The maximum absolute atomic E-state index is 13.5. The highest BCUT2D eigenvalue weighted by Crippen LogP contribution is 2.36. The van der Waals surface area contributed by atoms with Crippen LogP contribution >= 0.6 is 27.7 Å². The van der Waals surface area contributed by atoms with Crippen LogP contribution in [0.4, 0.5) is 5.69 Å². The number of nitrogens with two attached hydrogens (primary N) is 1. The van der Waals surface area contributed by atoms with Crippen LogP contribution in [0, 0.1) is 0 Å². The van der Waals surface area contributed by atoms with E-state index in [1.54, 1.807) is 42.6 Å². The Morgan fingerprint density at radius 1 is 1.07 bits per heavy atom. The van der Waals surface area contributed by atoms with Crippen LogP contribution in [0.2, 0.25) is 0 Å². The molecule has 0 radical (unpaired) electrons. The summed E-state index contributed by atoms with van der Waals surface area (Å²) >= 11 is 4.60. The summed E-state index contributed by atoms with van der Waals surface area (Å²) in [5, 5.41) is 16.6. The third kappa shape index (κ3) is 8.11. The number of hydrogen-bond donors (Lipinski definition) is 2. The van der Waals surface area contributed by atoms with Crippen molar-refractivity contribution in [3.05, 3.63) is 117 Å². The number of halogens is 1. The van der Waals surface area contributed by atoms with Gasteiger partial charge in [-0.15, -0.1) is 5.10 Å². The second-order valence-electron chi connectivity index (χ2n) is 9.21. The molecule has 0 bridgehead atoms. The van der Waals surface area contributed by atoms with E-state index >= 15 is 0 Å². The van der Waals surface area contributed by atoms with Gasteiger partial charge in [0.15, 0.2) is 11.8 Å². The number of ether oxygens (including phenoxy) is 1. The highest BCUT2D eigenvalue weighted by Gasteiger charge is 2.34. The molecular weight excluding hydrogens is 670 g/mol. The predicted molar refractivity (Wildman–Crippen MR) is 172 cm³/mol. The molecule has 14 heteroatoms. The standard InChI is InChI=1S/C30H24BrN5O6S2/c31-22-8-13-26(42-19-28(37)34-23-9-11-25(12-10-23)44(32,39)40)21(15-22)16-27-29(38)36(18-24-7-4-14-41-24)30(43-27)35-33-17-20-5-2-1-3-6-20/h1-17H,18-19H2,(H,34,37)(H2,32,39,40)/b27-16-,33-17+,35-30-. The van der Waals surface area contributed by atoms with Crippen molar-refractivity contribution in [1.82, 2.24) is 4.90 Å². The summed E-state index contributed by atoms with van der Waals surface area (Å²) in [6.45, 7) is -0.183. The molecule has 3 aromatic carbocycles. The van der Waals surface area contributed by atoms with Crippen LogP contribution in [0.3, 0.4) is 0 Å². The number of furan rings is 1. The van der Waals surface area contributed by atoms with Gasteiger partial charge in [-0.1, -0.05) is 46.3 Å². The number of rotatable bonds is 10. The summed E-state index contributed by atoms with van der Waals surface area (Å²) in [6, 6.07) is 23.6. The van der Waals surface area contributed by atoms with Gasteiger partial charge in [-0.2, -0.15) is 5.10 Å². The van der Waals surface area contributed by atoms with Gasteiger partial charge in [0.05, 0.1) is 28.8 Å². The molecule has 4 aromatic rings. The number of sulfonamides is 1. The lowest BCUT2D eigenvalue weighted by atomic mass is 10.2. The lowest BCUT2D eigenvalue weighted by Crippen LogP contribution is -2.28. The summed E-state index contributed by atoms with van der Waals surface area (Å²) in [4.78, 5) is 27.9. The van der Waals surface area contributed by atoms with Crippen molar-refractivity contribution in [2.24, 2.45) is 15.3 Å². The highest BCUT2D eigenvalue weighted by molar-refractivity contribution is 9.10. The van der Waals surface area contributed by atoms with Gasteiger partial charge < -0.3 is 14.5 Å². The Hall–Kier alpha value is -4.50. The van der Waals surface area contributed by atoms with Gasteiger partial charge in [-0.25, -0.2) is 13.6 Å². The molecular formula is C30H24BrN5O6S2. The molecule has 224 valence electrons. The lowest BCUT2D eigenvalue weighted by molar-refractivity contribution is -0.122. The van der Waals surface area contributed by atoms with Gasteiger partial charge in [0.2, 0.25) is 10.0 Å². The van der Waals surface area contributed by atoms with E-state index in [1.807, 2.05) is 30.3 Å². The molecule has 0 saturated carbocycles. The Bertz CT molecular complexity index is 1860. The zero-order chi connectivity index (χ0) is 31.1. The fourth-order valence-electron chi connectivity index (χ4n) is 3.94. The molecule has 5 rings (SSSR count). The van der Waals surface area contributed by atoms with Crippen molar-refractivity contribution in [1.29, 1.82) is 0 Å². The van der Waals surface area contributed by atoms with Crippen molar-refractivity contribution in [3.8, 4) is 5.75 Å². The zero-order valence-corrected chi connectivity index (χ0v) is 26.0. The molecule has 1 aliphatic rings. The number of anilines is 1. The smallest absolute Gasteiger partial charge is 0.267 e. The molecule has 1 aromatic heterocycles. The summed E-state index contributed by atoms with van der Waals surface area (Å²) in [5.41, 5.74) is 1.78. The molecule has 1 fully saturated rings. The van der Waals surface area contributed by atoms with E-state index in [1.165, 1.54) is 35.4 Å². The van der Waals surface area contributed by atoms with Crippen molar-refractivity contribution in [3.63, 3.8) is 0 Å². The first-order chi connectivity index (χ1) is 21.2. The minimum Gasteiger partial charge on any atom is -0.483 e. The SMILES string of the molecule is NS(=O)(=O)c1ccc(NC(=O)COc2ccc(Br)cc2/C=C2\S/C(=N\N=C\c3ccccc3)N(Cc3ccco3)C2=O)cc1. The maximum atomic E-state index is 13.5. The molecule has 0 aliphatic carbocycles. The fraction of sp³-hybridized carbons (Fsp3) is 0.0667. The molecule has 0 spiro atoms. The number of carbonyl (C=O) groups excluding carboxylic acids is 2.